The number of aliphatic hydroxyl groups excluding tert-OH is 2. The van der Waals surface area contributed by atoms with Gasteiger partial charge in [0.15, 0.2) is 17.9 Å². The molecule has 1 amide bonds. The van der Waals surface area contributed by atoms with Crippen LogP contribution in [0.2, 0.25) is 0 Å². The average Bonchev–Trinajstić information content (AvgIpc) is 3.21. The molecule has 1 aliphatic heterocycles. The van der Waals surface area contributed by atoms with Crippen molar-refractivity contribution in [3.05, 3.63) is 35.7 Å². The number of hydrogen-bond acceptors (Lipinski definition) is 9. The number of benzene rings is 1. The highest BCUT2D eigenvalue weighted by atomic mass is 32.1. The molecule has 1 aliphatic rings. The van der Waals surface area contributed by atoms with Gasteiger partial charge in [-0.2, -0.15) is 0 Å². The van der Waals surface area contributed by atoms with Crippen molar-refractivity contribution in [2.45, 2.75) is 12.8 Å². The largest absolute Gasteiger partial charge is 0.464 e. The van der Waals surface area contributed by atoms with Gasteiger partial charge in [-0.15, -0.1) is 5.10 Å². The van der Waals surface area contributed by atoms with Crippen LogP contribution in [0.3, 0.4) is 0 Å². The molecule has 1 fully saturated rings. The zero-order valence-electron chi connectivity index (χ0n) is 16.1. The molecule has 0 aliphatic carbocycles. The molecule has 0 bridgehead atoms. The summed E-state index contributed by atoms with van der Waals surface area (Å²) >= 11 is 3.75. The highest BCUT2D eigenvalue weighted by molar-refractivity contribution is 7.78. The highest BCUT2D eigenvalue weighted by Gasteiger charge is 2.29. The summed E-state index contributed by atoms with van der Waals surface area (Å²) in [5.74, 6) is -2.42. The Morgan fingerprint density at radius 3 is 2.35 bits per heavy atom. The SMILES string of the molecule is O=C(CO)C(O)N1CCN(c2c(F)cc(-n3cc(CN(S)C(=O)O)nn3)cc2F)CC1. The monoisotopic (exact) mass is 458 g/mol. The molecule has 1 saturated heterocycles. The summed E-state index contributed by atoms with van der Waals surface area (Å²) in [5.41, 5.74) is 0.0367. The van der Waals surface area contributed by atoms with Crippen LogP contribution in [0, 0.1) is 11.6 Å². The van der Waals surface area contributed by atoms with Gasteiger partial charge in [-0.3, -0.25) is 9.69 Å². The van der Waals surface area contributed by atoms with Crippen LogP contribution in [-0.2, 0) is 11.3 Å². The number of carbonyl (C=O) groups is 2. The van der Waals surface area contributed by atoms with Crippen molar-refractivity contribution in [3.8, 4) is 5.69 Å². The van der Waals surface area contributed by atoms with Crippen LogP contribution < -0.4 is 4.90 Å². The lowest BCUT2D eigenvalue weighted by atomic mass is 10.2. The summed E-state index contributed by atoms with van der Waals surface area (Å²) in [4.78, 5) is 25.1. The van der Waals surface area contributed by atoms with Crippen LogP contribution in [0.25, 0.3) is 5.69 Å². The number of Topliss-reactive ketones (excluding diaryl/α,β-unsaturated/α-hetero) is 1. The van der Waals surface area contributed by atoms with Crippen LogP contribution in [0.5, 0.6) is 0 Å². The van der Waals surface area contributed by atoms with Crippen molar-refractivity contribution in [2.24, 2.45) is 0 Å². The van der Waals surface area contributed by atoms with Gasteiger partial charge in [-0.25, -0.2) is 22.6 Å². The van der Waals surface area contributed by atoms with Crippen molar-refractivity contribution in [2.75, 3.05) is 37.7 Å². The Labute approximate surface area is 180 Å². The van der Waals surface area contributed by atoms with E-state index >= 15 is 0 Å². The number of carboxylic acid groups (broad SMARTS) is 1. The van der Waals surface area contributed by atoms with E-state index in [4.69, 9.17) is 10.2 Å². The van der Waals surface area contributed by atoms with Gasteiger partial charge >= 0.3 is 6.09 Å². The van der Waals surface area contributed by atoms with Crippen molar-refractivity contribution in [3.63, 3.8) is 0 Å². The van der Waals surface area contributed by atoms with E-state index in [0.29, 0.717) is 4.31 Å². The summed E-state index contributed by atoms with van der Waals surface area (Å²) in [6, 6.07) is 2.14. The number of ketones is 1. The van der Waals surface area contributed by atoms with Gasteiger partial charge in [0, 0.05) is 38.3 Å². The maximum atomic E-state index is 14.8. The van der Waals surface area contributed by atoms with E-state index in [1.807, 2.05) is 0 Å². The molecule has 0 saturated carbocycles. The fourth-order valence-electron chi connectivity index (χ4n) is 3.18. The summed E-state index contributed by atoms with van der Waals surface area (Å²) in [5, 5.41) is 35.0. The first-order valence-corrected chi connectivity index (χ1v) is 9.52. The molecule has 1 atom stereocenters. The van der Waals surface area contributed by atoms with Crippen LogP contribution in [0.1, 0.15) is 5.69 Å². The maximum absolute atomic E-state index is 14.8. The van der Waals surface area contributed by atoms with Crippen LogP contribution in [0.4, 0.5) is 19.3 Å². The molecule has 168 valence electrons. The number of aliphatic hydroxyl groups is 2. The summed E-state index contributed by atoms with van der Waals surface area (Å²) in [7, 11) is 0. The van der Waals surface area contributed by atoms with E-state index in [2.05, 4.69) is 23.1 Å². The molecule has 31 heavy (non-hydrogen) atoms. The molecular formula is C17H20F2N6O5S. The van der Waals surface area contributed by atoms with Crippen molar-refractivity contribution < 1.29 is 33.7 Å². The van der Waals surface area contributed by atoms with Gasteiger partial charge in [-0.05, 0) is 0 Å². The number of nitrogens with zero attached hydrogens (tertiary/aromatic N) is 6. The Bertz CT molecular complexity index is 945. The van der Waals surface area contributed by atoms with Gasteiger partial charge in [0.25, 0.3) is 0 Å². The standard InChI is InChI=1S/C17H20F2N6O5S/c18-12-5-11(24-7-10(20-21-24)8-25(31)17(29)30)6-13(19)15(12)22-1-3-23(4-2-22)16(28)14(27)9-26/h5-7,16,26,28,31H,1-4,8-9H2,(H,29,30). The minimum absolute atomic E-state index is 0.0566. The second-order valence-corrected chi connectivity index (χ2v) is 7.26. The van der Waals surface area contributed by atoms with E-state index in [1.165, 1.54) is 16.0 Å². The number of thiol groups is 1. The molecular weight excluding hydrogens is 438 g/mol. The lowest BCUT2D eigenvalue weighted by Gasteiger charge is -2.37. The summed E-state index contributed by atoms with van der Waals surface area (Å²) in [6.07, 6.45) is -1.41. The van der Waals surface area contributed by atoms with Crippen molar-refractivity contribution in [1.82, 2.24) is 24.2 Å². The van der Waals surface area contributed by atoms with Gasteiger partial charge in [0.2, 0.25) is 5.78 Å². The molecule has 1 aromatic carbocycles. The van der Waals surface area contributed by atoms with Crippen molar-refractivity contribution in [1.29, 1.82) is 0 Å². The van der Waals surface area contributed by atoms with E-state index in [9.17, 15) is 23.5 Å². The molecule has 0 spiro atoms. The van der Waals surface area contributed by atoms with Crippen LogP contribution in [-0.4, -0.2) is 90.4 Å². The Balaban J connectivity index is 1.73. The minimum Gasteiger partial charge on any atom is -0.464 e. The predicted octanol–water partition coefficient (Wildman–Crippen LogP) is -0.128. The van der Waals surface area contributed by atoms with Crippen LogP contribution >= 0.6 is 12.8 Å². The zero-order valence-corrected chi connectivity index (χ0v) is 17.0. The second kappa shape index (κ2) is 9.55. The Kier molecular flexibility index (Phi) is 7.04. The van der Waals surface area contributed by atoms with E-state index in [1.54, 1.807) is 0 Å². The smallest absolute Gasteiger partial charge is 0.417 e. The number of rotatable bonds is 7. The molecule has 1 aromatic heterocycles. The Morgan fingerprint density at radius 1 is 1.19 bits per heavy atom. The minimum atomic E-state index is -1.46. The third kappa shape index (κ3) is 5.10. The maximum Gasteiger partial charge on any atom is 0.417 e. The Hall–Kier alpha value is -2.81. The van der Waals surface area contributed by atoms with Gasteiger partial charge in [-0.1, -0.05) is 18.0 Å². The van der Waals surface area contributed by atoms with Crippen LogP contribution in [0.15, 0.2) is 18.3 Å². The number of carbonyl (C=O) groups excluding carboxylic acids is 1. The molecule has 2 heterocycles. The molecule has 3 N–H and O–H groups in total. The fraction of sp³-hybridized carbons (Fsp3) is 0.412. The van der Waals surface area contributed by atoms with Crippen molar-refractivity contribution >= 4 is 30.4 Å². The lowest BCUT2D eigenvalue weighted by molar-refractivity contribution is -0.140. The number of aromatic nitrogens is 3. The average molecular weight is 458 g/mol. The summed E-state index contributed by atoms with van der Waals surface area (Å²) in [6.45, 7) is -0.310. The zero-order chi connectivity index (χ0) is 22.7. The van der Waals surface area contributed by atoms with E-state index in [0.717, 1.165) is 16.8 Å². The molecule has 3 rings (SSSR count). The number of hydrogen-bond donors (Lipinski definition) is 4. The number of anilines is 1. The number of amides is 1. The normalized spacial score (nSPS) is 15.7. The first-order valence-electron chi connectivity index (χ1n) is 9.12. The van der Waals surface area contributed by atoms with E-state index in [-0.39, 0.29) is 49.8 Å². The predicted molar refractivity (Wildman–Crippen MR) is 106 cm³/mol. The third-order valence-electron chi connectivity index (χ3n) is 4.76. The first-order chi connectivity index (χ1) is 14.7. The summed E-state index contributed by atoms with van der Waals surface area (Å²) < 4.78 is 31.3. The number of halogens is 2. The topological polar surface area (TPSA) is 135 Å². The molecule has 14 heteroatoms. The molecule has 11 nitrogen and oxygen atoms in total. The lowest BCUT2D eigenvalue weighted by Crippen LogP contribution is -2.53. The molecule has 1 unspecified atom stereocenters. The Morgan fingerprint density at radius 2 is 1.81 bits per heavy atom. The quantitative estimate of drug-likeness (QED) is 0.419. The van der Waals surface area contributed by atoms with E-state index < -0.39 is 36.3 Å². The second-order valence-electron chi connectivity index (χ2n) is 6.77. The molecule has 0 radical (unpaired) electrons. The van der Waals surface area contributed by atoms with Gasteiger partial charge < -0.3 is 20.2 Å². The first kappa shape index (κ1) is 22.9. The third-order valence-corrected chi connectivity index (χ3v) is 5.07. The fourth-order valence-corrected chi connectivity index (χ4v) is 3.32. The van der Waals surface area contributed by atoms with Gasteiger partial charge in [0.05, 0.1) is 18.4 Å². The molecule has 2 aromatic rings. The number of piperazine rings is 1. The van der Waals surface area contributed by atoms with Gasteiger partial charge in [0.1, 0.15) is 18.0 Å². The highest BCUT2D eigenvalue weighted by Crippen LogP contribution is 2.27.